The molecule has 1 aromatic rings. The number of carboxylic acid groups (broad SMARTS) is 1. The van der Waals surface area contributed by atoms with Crippen LogP contribution in [0.2, 0.25) is 0 Å². The molecule has 2 aliphatic rings. The fourth-order valence-electron chi connectivity index (χ4n) is 10.1. The van der Waals surface area contributed by atoms with E-state index < -0.39 is 60.3 Å². The topological polar surface area (TPSA) is 255 Å². The molecule has 0 saturated carbocycles. The van der Waals surface area contributed by atoms with E-state index in [1.54, 1.807) is 26.8 Å². The Bertz CT molecular complexity index is 1980. The van der Waals surface area contributed by atoms with Crippen molar-refractivity contribution in [3.63, 3.8) is 0 Å². The molecule has 14 atom stereocenters. The molecule has 0 bridgehead atoms. The van der Waals surface area contributed by atoms with Gasteiger partial charge in [-0.1, -0.05) is 122 Å². The fourth-order valence-corrected chi connectivity index (χ4v) is 10.1. The molecule has 9 N–H and O–H groups in total. The Morgan fingerprint density at radius 1 is 0.816 bits per heavy atom. The summed E-state index contributed by atoms with van der Waals surface area (Å²) in [7, 11) is 0. The Hall–Kier alpha value is -4.74. The van der Waals surface area contributed by atoms with Crippen LogP contribution in [-0.4, -0.2) is 122 Å². The number of aliphatic hydroxyl groups excluding tert-OH is 4. The molecule has 0 spiro atoms. The highest BCUT2D eigenvalue weighted by Crippen LogP contribution is 2.29. The Morgan fingerprint density at radius 3 is 2.11 bits per heavy atom. The lowest BCUT2D eigenvalue weighted by Gasteiger charge is -2.35. The second-order valence-corrected chi connectivity index (χ2v) is 22.6. The Labute approximate surface area is 455 Å². The molecule has 430 valence electrons. The predicted molar refractivity (Wildman–Crippen MR) is 299 cm³/mol. The Balaban J connectivity index is 0.000000580. The highest BCUT2D eigenvalue weighted by molar-refractivity contribution is 5.91. The number of hydrogen-bond acceptors (Lipinski definition) is 11. The average Bonchev–Trinajstić information content (AvgIpc) is 3.39. The number of benzene rings is 1. The van der Waals surface area contributed by atoms with Crippen molar-refractivity contribution in [2.24, 2.45) is 41.4 Å². The third kappa shape index (κ3) is 25.6. The van der Waals surface area contributed by atoms with Crippen LogP contribution in [0.15, 0.2) is 66.3 Å². The molecule has 0 aliphatic carbocycles. The molecular weight excluding hydrogens is 967 g/mol. The minimum Gasteiger partial charge on any atom is -0.480 e. The third-order valence-corrected chi connectivity index (χ3v) is 15.4. The summed E-state index contributed by atoms with van der Waals surface area (Å²) >= 11 is 0. The fraction of sp³-hybridized carbons (Fsp3) is 0.700. The highest BCUT2D eigenvalue weighted by Gasteiger charge is 2.35. The standard InChI is InChI=1S/C40H71NO6.C20H28N4O5/c1-9-34-21-22-35(41-40(34)47)32(7)25-28(3)17-23-36(43)29(4)19-24-37(44)38(45)26-27(2)15-13-11-10-12-14-16-30(5)39(46)31(6)18-20-33(8)42;1-13(2)17(21-12-25)18(26)22-16(11-14-7-4-3-5-8-14)19(27)24-10-6-9-15(23-24)20(28)29/h10-12,14,26,28-32,34-39,43-46H,9,13,15-25H2,1-8H3,(H,41,47);3-5,7-8,12-13,15-17,23H,6,9-11H2,1-2H3,(H,21,25)(H,22,26)(H,28,29)/b11-10+,14-12+,27-26+;/t28?,29?,30?,31-,32?,34?,35?,36?,37?,38?,39?;/m1./s1. The van der Waals surface area contributed by atoms with Crippen LogP contribution in [0.25, 0.3) is 0 Å². The van der Waals surface area contributed by atoms with E-state index in [0.29, 0.717) is 63.3 Å². The van der Waals surface area contributed by atoms with E-state index in [1.165, 1.54) is 5.01 Å². The second kappa shape index (κ2) is 36.4. The van der Waals surface area contributed by atoms with Gasteiger partial charge in [-0.2, -0.15) is 0 Å². The predicted octanol–water partition coefficient (Wildman–Crippen LogP) is 7.53. The van der Waals surface area contributed by atoms with Crippen molar-refractivity contribution in [2.45, 2.75) is 221 Å². The SMILES string of the molecule is CC(C)C(NC=O)C(=O)NC(Cc1ccccc1)C(=O)N1CCCC(C(=O)O)N1.CCC1CCC(C(C)CC(C)CCC(O)C(C)CCC(O)C(O)/C=C(\C)CC/C=C/C=C/CC(C)C(O)[C@H](C)CCC(C)=O)NC1=O. The van der Waals surface area contributed by atoms with E-state index in [9.17, 15) is 54.3 Å². The minimum atomic E-state index is -1.03. The molecule has 0 aromatic heterocycles. The van der Waals surface area contributed by atoms with Gasteiger partial charge in [0.15, 0.2) is 0 Å². The molecule has 4 amide bonds. The average molecular weight is 1070 g/mol. The molecular formula is C60H99N5O11. The van der Waals surface area contributed by atoms with Gasteiger partial charge in [0.2, 0.25) is 18.2 Å². The number of rotatable bonds is 33. The number of nitrogens with one attached hydrogen (secondary N) is 4. The van der Waals surface area contributed by atoms with Gasteiger partial charge in [-0.05, 0) is 145 Å². The maximum absolute atomic E-state index is 13.1. The number of carbonyl (C=O) groups excluding carboxylic acids is 5. The van der Waals surface area contributed by atoms with Crippen molar-refractivity contribution in [3.8, 4) is 0 Å². The van der Waals surface area contributed by atoms with Crippen LogP contribution in [-0.2, 0) is 35.2 Å². The monoisotopic (exact) mass is 1070 g/mol. The maximum Gasteiger partial charge on any atom is 0.322 e. The number of hydrogen-bond donors (Lipinski definition) is 9. The summed E-state index contributed by atoms with van der Waals surface area (Å²) in [6.45, 7) is 20.1. The highest BCUT2D eigenvalue weighted by atomic mass is 16.4. The maximum atomic E-state index is 13.1. The molecule has 16 heteroatoms. The molecule has 76 heavy (non-hydrogen) atoms. The number of aliphatic hydroxyl groups is 4. The number of nitrogens with zero attached hydrogens (tertiary/aromatic N) is 1. The van der Waals surface area contributed by atoms with Gasteiger partial charge in [0.25, 0.3) is 5.91 Å². The first-order valence-corrected chi connectivity index (χ1v) is 28.3. The molecule has 2 fully saturated rings. The van der Waals surface area contributed by atoms with Gasteiger partial charge in [-0.25, -0.2) is 5.43 Å². The first-order valence-electron chi connectivity index (χ1n) is 28.3. The van der Waals surface area contributed by atoms with E-state index in [4.69, 9.17) is 0 Å². The van der Waals surface area contributed by atoms with Crippen molar-refractivity contribution < 1.29 is 54.3 Å². The van der Waals surface area contributed by atoms with E-state index in [0.717, 1.165) is 68.9 Å². The number of allylic oxidation sites excluding steroid dienone is 5. The van der Waals surface area contributed by atoms with Gasteiger partial charge in [-0.3, -0.25) is 29.0 Å². The molecule has 2 saturated heterocycles. The van der Waals surface area contributed by atoms with E-state index in [2.05, 4.69) is 54.3 Å². The molecule has 3 rings (SSSR count). The zero-order chi connectivity index (χ0) is 56.9. The number of amides is 4. The van der Waals surface area contributed by atoms with Crippen LogP contribution in [0.5, 0.6) is 0 Å². The number of Topliss-reactive ketones (excluding diaryl/α,β-unsaturated/α-hetero) is 1. The number of carbonyl (C=O) groups is 6. The first-order chi connectivity index (χ1) is 36.0. The summed E-state index contributed by atoms with van der Waals surface area (Å²) in [4.78, 5) is 71.4. The van der Waals surface area contributed by atoms with Gasteiger partial charge < -0.3 is 46.3 Å². The lowest BCUT2D eigenvalue weighted by atomic mass is 9.81. The third-order valence-electron chi connectivity index (χ3n) is 15.4. The molecule has 1 aromatic carbocycles. The summed E-state index contributed by atoms with van der Waals surface area (Å²) in [5.74, 6) is -0.404. The van der Waals surface area contributed by atoms with Crippen LogP contribution >= 0.6 is 0 Å². The zero-order valence-corrected chi connectivity index (χ0v) is 47.7. The van der Waals surface area contributed by atoms with Gasteiger partial charge >= 0.3 is 5.97 Å². The summed E-state index contributed by atoms with van der Waals surface area (Å²) in [5.41, 5.74) is 4.60. The van der Waals surface area contributed by atoms with Gasteiger partial charge in [0.1, 0.15) is 23.9 Å². The Morgan fingerprint density at radius 2 is 1.49 bits per heavy atom. The van der Waals surface area contributed by atoms with Crippen molar-refractivity contribution in [2.75, 3.05) is 6.54 Å². The van der Waals surface area contributed by atoms with E-state index in [-0.39, 0.29) is 53.7 Å². The van der Waals surface area contributed by atoms with Crippen LogP contribution in [0, 0.1) is 41.4 Å². The van der Waals surface area contributed by atoms with E-state index in [1.807, 2.05) is 70.2 Å². The zero-order valence-electron chi connectivity index (χ0n) is 47.7. The van der Waals surface area contributed by atoms with Gasteiger partial charge in [0, 0.05) is 31.3 Å². The van der Waals surface area contributed by atoms with Crippen LogP contribution < -0.4 is 21.4 Å². The minimum absolute atomic E-state index is 0.0368. The number of aliphatic carboxylic acids is 1. The van der Waals surface area contributed by atoms with Crippen LogP contribution in [0.3, 0.4) is 0 Å². The summed E-state index contributed by atoms with van der Waals surface area (Å²) in [5, 5.41) is 61.3. The molecule has 2 aliphatic heterocycles. The lowest BCUT2D eigenvalue weighted by Crippen LogP contribution is -2.61. The van der Waals surface area contributed by atoms with Crippen molar-refractivity contribution in [3.05, 3.63) is 71.8 Å². The number of ketones is 1. The molecule has 2 heterocycles. The molecule has 0 radical (unpaired) electrons. The molecule has 16 nitrogen and oxygen atoms in total. The van der Waals surface area contributed by atoms with Crippen molar-refractivity contribution in [1.29, 1.82) is 0 Å². The second-order valence-electron chi connectivity index (χ2n) is 22.6. The smallest absolute Gasteiger partial charge is 0.322 e. The van der Waals surface area contributed by atoms with Crippen LogP contribution in [0.1, 0.15) is 171 Å². The summed E-state index contributed by atoms with van der Waals surface area (Å²) < 4.78 is 0. The Kier molecular flexibility index (Phi) is 32.2. The number of carboxylic acids is 1. The number of hydrazine groups is 1. The van der Waals surface area contributed by atoms with Crippen molar-refractivity contribution in [1.82, 2.24) is 26.4 Å². The van der Waals surface area contributed by atoms with Gasteiger partial charge in [-0.15, -0.1) is 0 Å². The summed E-state index contributed by atoms with van der Waals surface area (Å²) in [6, 6.07) is 6.94. The summed E-state index contributed by atoms with van der Waals surface area (Å²) in [6.07, 6.45) is 19.2. The normalized spacial score (nSPS) is 21.7. The van der Waals surface area contributed by atoms with Crippen LogP contribution in [0.4, 0.5) is 0 Å². The molecule has 13 unspecified atom stereocenters. The van der Waals surface area contributed by atoms with Crippen molar-refractivity contribution >= 4 is 35.9 Å². The number of piperidine rings is 1. The quantitative estimate of drug-likeness (QED) is 0.0188. The largest absolute Gasteiger partial charge is 0.480 e. The van der Waals surface area contributed by atoms with Gasteiger partial charge in [0.05, 0.1) is 24.4 Å². The van der Waals surface area contributed by atoms with E-state index >= 15 is 0 Å². The lowest BCUT2D eigenvalue weighted by molar-refractivity contribution is -0.148. The first kappa shape index (κ1) is 67.4.